The van der Waals surface area contributed by atoms with Crippen LogP contribution in [0.15, 0.2) is 12.3 Å². The zero-order valence-electron chi connectivity index (χ0n) is 12.4. The van der Waals surface area contributed by atoms with Crippen molar-refractivity contribution >= 4 is 0 Å². The molecule has 0 saturated carbocycles. The van der Waals surface area contributed by atoms with Crippen molar-refractivity contribution in [3.63, 3.8) is 0 Å². The van der Waals surface area contributed by atoms with Gasteiger partial charge in [-0.3, -0.25) is 0 Å². The summed E-state index contributed by atoms with van der Waals surface area (Å²) in [5, 5.41) is 0. The topological polar surface area (TPSA) is 3.24 Å². The van der Waals surface area contributed by atoms with Gasteiger partial charge < -0.3 is 4.90 Å². The van der Waals surface area contributed by atoms with Gasteiger partial charge >= 0.3 is 0 Å². The van der Waals surface area contributed by atoms with Crippen LogP contribution < -0.4 is 0 Å². The summed E-state index contributed by atoms with van der Waals surface area (Å²) >= 11 is 0. The Morgan fingerprint density at radius 1 is 1.19 bits per heavy atom. The summed E-state index contributed by atoms with van der Waals surface area (Å²) in [7, 11) is 2.16. The first-order valence-electron chi connectivity index (χ1n) is 6.53. The molecule has 1 heteroatoms. The lowest BCUT2D eigenvalue weighted by atomic mass is 9.87. The van der Waals surface area contributed by atoms with Gasteiger partial charge in [-0.1, -0.05) is 48.1 Å². The van der Waals surface area contributed by atoms with E-state index in [1.807, 2.05) is 0 Å². The molecule has 1 unspecified atom stereocenters. The molecule has 1 nitrogen and oxygen atoms in total. The molecular weight excluding hydrogens is 194 g/mol. The lowest BCUT2D eigenvalue weighted by Crippen LogP contribution is -2.26. The van der Waals surface area contributed by atoms with Crippen molar-refractivity contribution in [1.29, 1.82) is 0 Å². The van der Waals surface area contributed by atoms with Crippen molar-refractivity contribution in [1.82, 2.24) is 4.90 Å². The molecule has 0 aromatic heterocycles. The van der Waals surface area contributed by atoms with Crippen molar-refractivity contribution < 1.29 is 0 Å². The van der Waals surface area contributed by atoms with Crippen LogP contribution in [0.4, 0.5) is 0 Å². The minimum absolute atomic E-state index is 0.460. The summed E-state index contributed by atoms with van der Waals surface area (Å²) in [5.41, 5.74) is 1.71. The summed E-state index contributed by atoms with van der Waals surface area (Å²) < 4.78 is 0. The fourth-order valence-corrected chi connectivity index (χ4v) is 1.80. The molecule has 0 aliphatic heterocycles. The van der Waals surface area contributed by atoms with Gasteiger partial charge in [0.1, 0.15) is 0 Å². The Balaban J connectivity index is 3.96. The highest BCUT2D eigenvalue weighted by atomic mass is 15.1. The van der Waals surface area contributed by atoms with E-state index in [0.717, 1.165) is 12.5 Å². The average Bonchev–Trinajstić information content (AvgIpc) is 2.12. The van der Waals surface area contributed by atoms with Crippen LogP contribution in [-0.2, 0) is 0 Å². The molecule has 0 aromatic carbocycles. The van der Waals surface area contributed by atoms with Gasteiger partial charge in [-0.2, -0.15) is 0 Å². The zero-order valence-corrected chi connectivity index (χ0v) is 12.4. The molecule has 96 valence electrons. The Morgan fingerprint density at radius 3 is 2.06 bits per heavy atom. The maximum atomic E-state index is 4.14. The maximum absolute atomic E-state index is 4.14. The number of nitrogens with zero attached hydrogens (tertiary/aromatic N) is 1. The first-order chi connectivity index (χ1) is 7.13. The molecule has 0 bridgehead atoms. The van der Waals surface area contributed by atoms with Crippen molar-refractivity contribution in [2.45, 2.75) is 54.4 Å². The predicted octanol–water partition coefficient (Wildman–Crippen LogP) is 4.55. The average molecular weight is 225 g/mol. The van der Waals surface area contributed by atoms with E-state index >= 15 is 0 Å². The van der Waals surface area contributed by atoms with Gasteiger partial charge in [-0.25, -0.2) is 0 Å². The molecule has 0 spiro atoms. The first-order valence-corrected chi connectivity index (χ1v) is 6.53. The molecule has 0 radical (unpaired) electrons. The molecule has 0 fully saturated rings. The van der Waals surface area contributed by atoms with Gasteiger partial charge in [0.2, 0.25) is 0 Å². The third kappa shape index (κ3) is 6.92. The first kappa shape index (κ1) is 15.5. The Hall–Kier alpha value is -0.460. The molecule has 0 heterocycles. The molecule has 0 saturated heterocycles. The Bertz CT molecular complexity index is 210. The second kappa shape index (κ2) is 6.32. The summed E-state index contributed by atoms with van der Waals surface area (Å²) in [6.07, 6.45) is 2.61. The fourth-order valence-electron chi connectivity index (χ4n) is 1.80. The smallest absolute Gasteiger partial charge is 0.0197 e. The monoisotopic (exact) mass is 225 g/mol. The number of hydrogen-bond donors (Lipinski definition) is 0. The SMILES string of the molecule is C=C(C(C)C)N(C)CC(C)CCC(C)(C)C. The third-order valence-corrected chi connectivity index (χ3v) is 3.13. The largest absolute Gasteiger partial charge is 0.378 e. The van der Waals surface area contributed by atoms with Crippen molar-refractivity contribution in [3.8, 4) is 0 Å². The molecule has 0 rings (SSSR count). The normalized spacial score (nSPS) is 14.0. The van der Waals surface area contributed by atoms with E-state index in [0.29, 0.717) is 11.3 Å². The molecule has 0 amide bonds. The Kier molecular flexibility index (Phi) is 6.14. The van der Waals surface area contributed by atoms with Crippen LogP contribution in [0.2, 0.25) is 0 Å². The number of hydrogen-bond acceptors (Lipinski definition) is 1. The maximum Gasteiger partial charge on any atom is 0.0197 e. The quantitative estimate of drug-likeness (QED) is 0.641. The van der Waals surface area contributed by atoms with Crippen LogP contribution in [-0.4, -0.2) is 18.5 Å². The van der Waals surface area contributed by atoms with Crippen molar-refractivity contribution in [2.75, 3.05) is 13.6 Å². The molecule has 0 N–H and O–H groups in total. The zero-order chi connectivity index (χ0) is 12.9. The minimum atomic E-state index is 0.460. The van der Waals surface area contributed by atoms with Gasteiger partial charge in [0.15, 0.2) is 0 Å². The van der Waals surface area contributed by atoms with E-state index in [2.05, 4.69) is 60.1 Å². The molecule has 0 aliphatic carbocycles. The summed E-state index contributed by atoms with van der Waals surface area (Å²) in [6.45, 7) is 19.0. The van der Waals surface area contributed by atoms with E-state index in [-0.39, 0.29) is 0 Å². The van der Waals surface area contributed by atoms with E-state index < -0.39 is 0 Å². The van der Waals surface area contributed by atoms with Crippen LogP contribution in [0.1, 0.15) is 54.4 Å². The van der Waals surface area contributed by atoms with Crippen LogP contribution in [0.5, 0.6) is 0 Å². The molecular formula is C15H31N. The molecule has 1 atom stereocenters. The van der Waals surface area contributed by atoms with Crippen LogP contribution in [0.25, 0.3) is 0 Å². The predicted molar refractivity (Wildman–Crippen MR) is 74.5 cm³/mol. The minimum Gasteiger partial charge on any atom is -0.378 e. The highest BCUT2D eigenvalue weighted by Gasteiger charge is 2.15. The second-order valence-electron chi connectivity index (χ2n) is 6.73. The second-order valence-corrected chi connectivity index (χ2v) is 6.73. The standard InChI is InChI=1S/C15H31N/c1-12(2)14(4)16(8)11-13(3)9-10-15(5,6)7/h12-13H,4,9-11H2,1-3,5-8H3. The van der Waals surface area contributed by atoms with Gasteiger partial charge in [0.05, 0.1) is 0 Å². The van der Waals surface area contributed by atoms with Crippen LogP contribution in [0.3, 0.4) is 0 Å². The summed E-state index contributed by atoms with van der Waals surface area (Å²) in [6, 6.07) is 0. The molecule has 0 aliphatic rings. The molecule has 16 heavy (non-hydrogen) atoms. The van der Waals surface area contributed by atoms with E-state index in [9.17, 15) is 0 Å². The van der Waals surface area contributed by atoms with Gasteiger partial charge in [-0.15, -0.1) is 0 Å². The van der Waals surface area contributed by atoms with E-state index in [1.54, 1.807) is 0 Å². The van der Waals surface area contributed by atoms with Crippen LogP contribution in [0, 0.1) is 17.3 Å². The lowest BCUT2D eigenvalue weighted by molar-refractivity contribution is 0.273. The van der Waals surface area contributed by atoms with E-state index in [1.165, 1.54) is 18.5 Å². The number of allylic oxidation sites excluding steroid dienone is 1. The van der Waals surface area contributed by atoms with Gasteiger partial charge in [0.25, 0.3) is 0 Å². The molecule has 0 aromatic rings. The third-order valence-electron chi connectivity index (χ3n) is 3.13. The van der Waals surface area contributed by atoms with Gasteiger partial charge in [-0.05, 0) is 30.1 Å². The summed E-state index contributed by atoms with van der Waals surface area (Å²) in [5.74, 6) is 1.31. The summed E-state index contributed by atoms with van der Waals surface area (Å²) in [4.78, 5) is 2.32. The van der Waals surface area contributed by atoms with Crippen LogP contribution >= 0.6 is 0 Å². The highest BCUT2D eigenvalue weighted by molar-refractivity contribution is 4.95. The van der Waals surface area contributed by atoms with Crippen molar-refractivity contribution in [2.24, 2.45) is 17.3 Å². The van der Waals surface area contributed by atoms with Gasteiger partial charge in [0, 0.05) is 19.3 Å². The van der Waals surface area contributed by atoms with E-state index in [4.69, 9.17) is 0 Å². The Labute approximate surface area is 103 Å². The fraction of sp³-hybridized carbons (Fsp3) is 0.867. The van der Waals surface area contributed by atoms with Crippen molar-refractivity contribution in [3.05, 3.63) is 12.3 Å². The highest BCUT2D eigenvalue weighted by Crippen LogP contribution is 2.24. The lowest BCUT2D eigenvalue weighted by Gasteiger charge is -2.29. The number of rotatable bonds is 6. The Morgan fingerprint density at radius 2 is 1.69 bits per heavy atom.